The van der Waals surface area contributed by atoms with E-state index in [0.717, 1.165) is 36.6 Å². The second kappa shape index (κ2) is 6.01. The summed E-state index contributed by atoms with van der Waals surface area (Å²) in [6.07, 6.45) is 1.96. The number of nitrogen functional groups attached to an aromatic ring is 1. The van der Waals surface area contributed by atoms with Gasteiger partial charge in [0.2, 0.25) is 11.9 Å². The maximum Gasteiger partial charge on any atom is 0.228 e. The number of aryl methyl sites for hydroxylation is 1. The van der Waals surface area contributed by atoms with Gasteiger partial charge >= 0.3 is 0 Å². The lowest BCUT2D eigenvalue weighted by Gasteiger charge is -2.35. The number of thiazole rings is 1. The molecule has 2 N–H and O–H groups in total. The zero-order valence-electron chi connectivity index (χ0n) is 13.6. The van der Waals surface area contributed by atoms with Gasteiger partial charge in [-0.15, -0.1) is 11.3 Å². The molecule has 0 saturated carbocycles. The Morgan fingerprint density at radius 2 is 2.21 bits per heavy atom. The summed E-state index contributed by atoms with van der Waals surface area (Å²) in [5.41, 5.74) is 9.43. The van der Waals surface area contributed by atoms with Gasteiger partial charge < -0.3 is 15.5 Å². The van der Waals surface area contributed by atoms with Crippen molar-refractivity contribution < 1.29 is 4.79 Å². The number of nitrogens with two attached hydrogens (primary N) is 1. The molecule has 3 aliphatic heterocycles. The van der Waals surface area contributed by atoms with Crippen LogP contribution in [-0.4, -0.2) is 44.9 Å². The van der Waals surface area contributed by atoms with E-state index in [1.54, 1.807) is 11.3 Å². The first-order valence-corrected chi connectivity index (χ1v) is 9.08. The molecular formula is C16H20N6OS. The molecule has 0 aliphatic carbocycles. The fraction of sp³-hybridized carbons (Fsp3) is 0.500. The van der Waals surface area contributed by atoms with Crippen LogP contribution >= 0.6 is 11.3 Å². The van der Waals surface area contributed by atoms with E-state index >= 15 is 0 Å². The topological polar surface area (TPSA) is 88.2 Å². The summed E-state index contributed by atoms with van der Waals surface area (Å²) in [5, 5.41) is 2.01. The van der Waals surface area contributed by atoms with Crippen molar-refractivity contribution in [2.24, 2.45) is 5.92 Å². The van der Waals surface area contributed by atoms with Gasteiger partial charge in [0.15, 0.2) is 0 Å². The van der Waals surface area contributed by atoms with Crippen LogP contribution in [0.4, 0.5) is 11.8 Å². The van der Waals surface area contributed by atoms with Crippen LogP contribution in [0.25, 0.3) is 0 Å². The first-order valence-electron chi connectivity index (χ1n) is 8.14. The monoisotopic (exact) mass is 344 g/mol. The highest BCUT2D eigenvalue weighted by Crippen LogP contribution is 2.32. The predicted octanol–water partition coefficient (Wildman–Crippen LogP) is 1.45. The lowest BCUT2D eigenvalue weighted by atomic mass is 9.94. The lowest BCUT2D eigenvalue weighted by Crippen LogP contribution is -2.47. The summed E-state index contributed by atoms with van der Waals surface area (Å²) in [4.78, 5) is 29.9. The fourth-order valence-electron chi connectivity index (χ4n) is 3.66. The first kappa shape index (κ1) is 15.3. The third kappa shape index (κ3) is 2.82. The summed E-state index contributed by atoms with van der Waals surface area (Å²) in [6.45, 7) is 3.98. The number of aromatic nitrogens is 3. The minimum atomic E-state index is 0.0129. The number of fused-ring (bicyclic) bond motifs is 4. The average Bonchev–Trinajstić information content (AvgIpc) is 2.90. The van der Waals surface area contributed by atoms with Crippen molar-refractivity contribution in [1.29, 1.82) is 0 Å². The Kier molecular flexibility index (Phi) is 3.84. The predicted molar refractivity (Wildman–Crippen MR) is 92.6 cm³/mol. The van der Waals surface area contributed by atoms with Gasteiger partial charge in [0.25, 0.3) is 0 Å². The highest BCUT2D eigenvalue weighted by atomic mass is 32.1. The standard InChI is InChI=1S/C16H20N6OS/c1-10-4-14(20-16(17)19-10)21-5-11-2-3-13(7-21)22(15(11)23)6-12-8-24-9-18-12/h4,8-9,11,13H,2-3,5-7H2,1H3,(H2,17,19,20)/t11-,13+/m1/s1. The van der Waals surface area contributed by atoms with Gasteiger partial charge in [0.05, 0.1) is 23.7 Å². The van der Waals surface area contributed by atoms with Crippen LogP contribution in [-0.2, 0) is 11.3 Å². The molecule has 2 bridgehead atoms. The van der Waals surface area contributed by atoms with Crippen molar-refractivity contribution in [2.45, 2.75) is 32.4 Å². The normalized spacial score (nSPS) is 23.6. The van der Waals surface area contributed by atoms with E-state index in [-0.39, 0.29) is 23.8 Å². The molecule has 0 aromatic carbocycles. The van der Waals surface area contributed by atoms with Gasteiger partial charge in [-0.05, 0) is 19.8 Å². The van der Waals surface area contributed by atoms with E-state index in [1.165, 1.54) is 0 Å². The maximum atomic E-state index is 12.9. The molecule has 0 radical (unpaired) electrons. The quantitative estimate of drug-likeness (QED) is 0.907. The average molecular weight is 344 g/mol. The smallest absolute Gasteiger partial charge is 0.228 e. The number of carbonyl (C=O) groups excluding carboxylic acids is 1. The Labute approximate surface area is 144 Å². The number of hydrogen-bond acceptors (Lipinski definition) is 7. The fourth-order valence-corrected chi connectivity index (χ4v) is 4.21. The van der Waals surface area contributed by atoms with E-state index in [4.69, 9.17) is 5.73 Å². The molecule has 3 fully saturated rings. The van der Waals surface area contributed by atoms with Crippen LogP contribution in [0, 0.1) is 12.8 Å². The molecule has 5 heterocycles. The third-order valence-electron chi connectivity index (χ3n) is 4.79. The summed E-state index contributed by atoms with van der Waals surface area (Å²) in [7, 11) is 0. The van der Waals surface area contributed by atoms with Crippen molar-refractivity contribution in [3.05, 3.63) is 28.3 Å². The van der Waals surface area contributed by atoms with Gasteiger partial charge in [0, 0.05) is 36.3 Å². The second-order valence-corrected chi connectivity index (χ2v) is 7.22. The molecule has 5 rings (SSSR count). The largest absolute Gasteiger partial charge is 0.368 e. The molecule has 126 valence electrons. The summed E-state index contributed by atoms with van der Waals surface area (Å²) in [6, 6.07) is 2.13. The van der Waals surface area contributed by atoms with Crippen molar-refractivity contribution >= 4 is 29.0 Å². The number of amides is 1. The second-order valence-electron chi connectivity index (χ2n) is 6.50. The third-order valence-corrected chi connectivity index (χ3v) is 5.43. The SMILES string of the molecule is Cc1cc(N2C[C@H]3CC[C@@H](C2)N(Cc2cscn2)C3=O)nc(N)n1. The van der Waals surface area contributed by atoms with Crippen LogP contribution in [0.2, 0.25) is 0 Å². The maximum absolute atomic E-state index is 12.9. The highest BCUT2D eigenvalue weighted by Gasteiger charge is 2.41. The summed E-state index contributed by atoms with van der Waals surface area (Å²) in [5.74, 6) is 1.35. The van der Waals surface area contributed by atoms with Gasteiger partial charge in [-0.2, -0.15) is 4.98 Å². The minimum Gasteiger partial charge on any atom is -0.368 e. The van der Waals surface area contributed by atoms with E-state index in [2.05, 4.69) is 19.9 Å². The number of nitrogens with zero attached hydrogens (tertiary/aromatic N) is 5. The number of hydrogen-bond donors (Lipinski definition) is 1. The molecule has 8 heteroatoms. The molecule has 0 spiro atoms. The number of rotatable bonds is 3. The molecular weight excluding hydrogens is 324 g/mol. The van der Waals surface area contributed by atoms with E-state index < -0.39 is 0 Å². The molecule has 2 atom stereocenters. The molecule has 3 saturated heterocycles. The van der Waals surface area contributed by atoms with Crippen LogP contribution < -0.4 is 10.6 Å². The molecule has 2 aromatic rings. The molecule has 0 unspecified atom stereocenters. The summed E-state index contributed by atoms with van der Waals surface area (Å²) < 4.78 is 0. The Morgan fingerprint density at radius 1 is 1.33 bits per heavy atom. The van der Waals surface area contributed by atoms with Crippen molar-refractivity contribution in [3.8, 4) is 0 Å². The van der Waals surface area contributed by atoms with E-state index in [0.29, 0.717) is 13.1 Å². The zero-order valence-corrected chi connectivity index (χ0v) is 14.4. The van der Waals surface area contributed by atoms with Gasteiger partial charge in [-0.3, -0.25) is 4.79 Å². The van der Waals surface area contributed by atoms with Crippen LogP contribution in [0.1, 0.15) is 24.2 Å². The Morgan fingerprint density at radius 3 is 2.96 bits per heavy atom. The summed E-state index contributed by atoms with van der Waals surface area (Å²) >= 11 is 1.56. The Bertz CT molecular complexity index is 729. The van der Waals surface area contributed by atoms with Gasteiger partial charge in [-0.25, -0.2) is 9.97 Å². The highest BCUT2D eigenvalue weighted by molar-refractivity contribution is 7.07. The molecule has 24 heavy (non-hydrogen) atoms. The van der Waals surface area contributed by atoms with Crippen molar-refractivity contribution in [2.75, 3.05) is 23.7 Å². The number of anilines is 2. The van der Waals surface area contributed by atoms with E-state index in [1.807, 2.05) is 28.8 Å². The van der Waals surface area contributed by atoms with Gasteiger partial charge in [0.1, 0.15) is 5.82 Å². The molecule has 2 aromatic heterocycles. The van der Waals surface area contributed by atoms with Crippen molar-refractivity contribution in [1.82, 2.24) is 19.9 Å². The number of carbonyl (C=O) groups is 1. The van der Waals surface area contributed by atoms with Crippen LogP contribution in [0.5, 0.6) is 0 Å². The van der Waals surface area contributed by atoms with Gasteiger partial charge in [-0.1, -0.05) is 0 Å². The van der Waals surface area contributed by atoms with Crippen LogP contribution in [0.3, 0.4) is 0 Å². The zero-order chi connectivity index (χ0) is 16.7. The molecule has 3 aliphatic rings. The molecule has 1 amide bonds. The molecule has 7 nitrogen and oxygen atoms in total. The number of piperidine rings is 1. The minimum absolute atomic E-state index is 0.0129. The first-order chi connectivity index (χ1) is 11.6. The lowest BCUT2D eigenvalue weighted by molar-refractivity contribution is -0.140. The van der Waals surface area contributed by atoms with Crippen molar-refractivity contribution in [3.63, 3.8) is 0 Å². The Hall–Kier alpha value is -2.22. The van der Waals surface area contributed by atoms with E-state index in [9.17, 15) is 4.79 Å². The Balaban J connectivity index is 1.60. The van der Waals surface area contributed by atoms with Crippen LogP contribution in [0.15, 0.2) is 17.0 Å².